The Hall–Kier alpha value is -2.96. The number of furan rings is 1. The van der Waals surface area contributed by atoms with E-state index in [4.69, 9.17) is 25.5 Å². The summed E-state index contributed by atoms with van der Waals surface area (Å²) in [5.74, 6) is -1.88. The van der Waals surface area contributed by atoms with Crippen LogP contribution in [0.1, 0.15) is 46.0 Å². The summed E-state index contributed by atoms with van der Waals surface area (Å²) in [6, 6.07) is 0. The number of hydrogen-bond donors (Lipinski definition) is 1. The molecule has 1 fully saturated rings. The van der Waals surface area contributed by atoms with Gasteiger partial charge in [0.15, 0.2) is 0 Å². The van der Waals surface area contributed by atoms with Crippen molar-refractivity contribution in [3.63, 3.8) is 0 Å². The number of fused-ring (bicyclic) bond motifs is 3. The fourth-order valence-corrected chi connectivity index (χ4v) is 4.41. The van der Waals surface area contributed by atoms with E-state index in [0.717, 1.165) is 0 Å². The molecular formula is C22H21ClF3N5O4. The molecule has 1 aliphatic heterocycles. The number of amides is 1. The molecule has 35 heavy (non-hydrogen) atoms. The maximum absolute atomic E-state index is 14.3. The van der Waals surface area contributed by atoms with Gasteiger partial charge in [-0.15, -0.1) is 0 Å². The minimum Gasteiger partial charge on any atom is -0.455 e. The van der Waals surface area contributed by atoms with Crippen molar-refractivity contribution in [1.29, 1.82) is 0 Å². The van der Waals surface area contributed by atoms with Gasteiger partial charge in [0.1, 0.15) is 22.6 Å². The third kappa shape index (κ3) is 4.78. The second-order valence-electron chi connectivity index (χ2n) is 8.44. The zero-order valence-electron chi connectivity index (χ0n) is 18.6. The Morgan fingerprint density at radius 3 is 2.80 bits per heavy atom. The summed E-state index contributed by atoms with van der Waals surface area (Å²) in [6.07, 6.45) is -0.556. The molecule has 2 aliphatic rings. The van der Waals surface area contributed by atoms with Gasteiger partial charge < -0.3 is 19.2 Å². The lowest BCUT2D eigenvalue weighted by Crippen LogP contribution is -2.32. The molecule has 186 valence electrons. The van der Waals surface area contributed by atoms with Crippen molar-refractivity contribution in [3.05, 3.63) is 52.1 Å². The van der Waals surface area contributed by atoms with E-state index >= 15 is 0 Å². The van der Waals surface area contributed by atoms with Gasteiger partial charge >= 0.3 is 6.18 Å². The molecule has 0 saturated carbocycles. The van der Waals surface area contributed by atoms with Crippen LogP contribution in [-0.4, -0.2) is 51.6 Å². The molecule has 0 unspecified atom stereocenters. The van der Waals surface area contributed by atoms with Crippen LogP contribution in [0.15, 0.2) is 23.0 Å². The lowest BCUT2D eigenvalue weighted by molar-refractivity contribution is -0.137. The van der Waals surface area contributed by atoms with Crippen LogP contribution in [0.4, 0.5) is 13.2 Å². The zero-order valence-corrected chi connectivity index (χ0v) is 19.3. The van der Waals surface area contributed by atoms with Crippen LogP contribution in [0.2, 0.25) is 5.15 Å². The van der Waals surface area contributed by atoms with E-state index in [9.17, 15) is 18.0 Å². The molecule has 0 bridgehead atoms. The molecule has 1 aliphatic carbocycles. The van der Waals surface area contributed by atoms with E-state index in [1.54, 1.807) is 10.9 Å². The fraction of sp³-hybridized carbons (Fsp3) is 0.455. The fourth-order valence-electron chi connectivity index (χ4n) is 4.31. The number of carbonyl (C=O) groups excluding carboxylic acids is 1. The van der Waals surface area contributed by atoms with Crippen molar-refractivity contribution in [1.82, 2.24) is 25.1 Å². The Labute approximate surface area is 202 Å². The lowest BCUT2D eigenvalue weighted by atomic mass is 9.86. The van der Waals surface area contributed by atoms with Crippen molar-refractivity contribution in [2.45, 2.75) is 44.6 Å². The van der Waals surface area contributed by atoms with Crippen LogP contribution >= 0.6 is 11.6 Å². The molecule has 9 nitrogen and oxygen atoms in total. The van der Waals surface area contributed by atoms with Crippen LogP contribution in [0.5, 0.6) is 0 Å². The van der Waals surface area contributed by atoms with E-state index in [-0.39, 0.29) is 47.2 Å². The molecular weight excluding hydrogens is 491 g/mol. The first kappa shape index (κ1) is 23.8. The number of ether oxygens (including phenoxy) is 2. The summed E-state index contributed by atoms with van der Waals surface area (Å²) in [5, 5.41) is 7.02. The molecule has 1 saturated heterocycles. The van der Waals surface area contributed by atoms with Crippen molar-refractivity contribution < 1.29 is 31.9 Å². The number of aromatic nitrogens is 4. The minimum absolute atomic E-state index is 0.0799. The Kier molecular flexibility index (Phi) is 6.28. The van der Waals surface area contributed by atoms with Crippen molar-refractivity contribution in [2.75, 3.05) is 19.8 Å². The van der Waals surface area contributed by atoms with Gasteiger partial charge in [0.2, 0.25) is 5.76 Å². The largest absolute Gasteiger partial charge is 0.455 e. The number of halogens is 4. The third-order valence-electron chi connectivity index (χ3n) is 5.90. The van der Waals surface area contributed by atoms with Gasteiger partial charge in [0, 0.05) is 18.2 Å². The van der Waals surface area contributed by atoms with Crippen LogP contribution in [0, 0.1) is 0 Å². The number of hydrogen-bond acceptors (Lipinski definition) is 7. The van der Waals surface area contributed by atoms with E-state index in [1.165, 1.54) is 12.4 Å². The highest BCUT2D eigenvalue weighted by Crippen LogP contribution is 2.48. The highest BCUT2D eigenvalue weighted by atomic mass is 35.5. The summed E-state index contributed by atoms with van der Waals surface area (Å²) in [4.78, 5) is 20.6. The molecule has 4 heterocycles. The number of nitrogens with zero attached hydrogens (tertiary/aromatic N) is 4. The van der Waals surface area contributed by atoms with Gasteiger partial charge in [0.25, 0.3) is 5.91 Å². The molecule has 0 aromatic carbocycles. The highest BCUT2D eigenvalue weighted by molar-refractivity contribution is 6.29. The summed E-state index contributed by atoms with van der Waals surface area (Å²) in [6.45, 7) is 3.41. The van der Waals surface area contributed by atoms with Crippen molar-refractivity contribution >= 4 is 17.5 Å². The normalized spacial score (nSPS) is 19.8. The van der Waals surface area contributed by atoms with E-state index in [0.29, 0.717) is 37.6 Å². The van der Waals surface area contributed by atoms with Crippen molar-refractivity contribution in [3.8, 4) is 11.3 Å². The van der Waals surface area contributed by atoms with Gasteiger partial charge in [-0.3, -0.25) is 14.5 Å². The summed E-state index contributed by atoms with van der Waals surface area (Å²) in [5.41, 5.74) is -0.182. The second-order valence-corrected chi connectivity index (χ2v) is 8.83. The van der Waals surface area contributed by atoms with E-state index in [1.807, 2.05) is 6.92 Å². The summed E-state index contributed by atoms with van der Waals surface area (Å²) in [7, 11) is 0. The number of carbonyl (C=O) groups is 1. The lowest BCUT2D eigenvalue weighted by Gasteiger charge is -2.22. The van der Waals surface area contributed by atoms with Crippen LogP contribution < -0.4 is 5.32 Å². The monoisotopic (exact) mass is 511 g/mol. The quantitative estimate of drug-likeness (QED) is 0.558. The molecule has 0 radical (unpaired) electrons. The molecule has 3 aromatic rings. The molecule has 13 heteroatoms. The molecule has 1 N–H and O–H groups in total. The third-order valence-corrected chi connectivity index (χ3v) is 6.09. The van der Waals surface area contributed by atoms with Crippen molar-refractivity contribution in [2.24, 2.45) is 0 Å². The molecule has 1 amide bonds. The maximum atomic E-state index is 14.3. The van der Waals surface area contributed by atoms with Gasteiger partial charge in [-0.25, -0.2) is 4.98 Å². The van der Waals surface area contributed by atoms with Crippen LogP contribution in [-0.2, 0) is 35.2 Å². The summed E-state index contributed by atoms with van der Waals surface area (Å²) >= 11 is 5.69. The number of alkyl halides is 3. The van der Waals surface area contributed by atoms with Gasteiger partial charge in [-0.05, 0) is 5.92 Å². The van der Waals surface area contributed by atoms with Gasteiger partial charge in [0.05, 0.1) is 62.3 Å². The van der Waals surface area contributed by atoms with E-state index in [2.05, 4.69) is 20.4 Å². The Morgan fingerprint density at radius 1 is 1.29 bits per heavy atom. The molecule has 3 aromatic heterocycles. The zero-order chi connectivity index (χ0) is 24.7. The SMILES string of the molecule is C[C@H]1Cc2oc(C(=O)NCc3cnc(Cl)cn3)c(C(F)(F)F)c2-c2nn(C[C@H]3COCCO3)cc21. The first-order valence-electron chi connectivity index (χ1n) is 10.9. The Bertz CT molecular complexity index is 1240. The van der Waals surface area contributed by atoms with Gasteiger partial charge in [-0.2, -0.15) is 18.3 Å². The molecule has 2 atom stereocenters. The van der Waals surface area contributed by atoms with Crippen LogP contribution in [0.3, 0.4) is 0 Å². The summed E-state index contributed by atoms with van der Waals surface area (Å²) < 4.78 is 60.9. The van der Waals surface area contributed by atoms with E-state index < -0.39 is 23.4 Å². The molecule has 5 rings (SSSR count). The average Bonchev–Trinajstić information content (AvgIpc) is 3.41. The average molecular weight is 512 g/mol. The minimum atomic E-state index is -4.84. The maximum Gasteiger partial charge on any atom is 0.420 e. The second kappa shape index (κ2) is 9.25. The predicted molar refractivity (Wildman–Crippen MR) is 116 cm³/mol. The Morgan fingerprint density at radius 2 is 2.11 bits per heavy atom. The first-order valence-corrected chi connectivity index (χ1v) is 11.3. The number of nitrogens with one attached hydrogen (secondary N) is 1. The van der Waals surface area contributed by atoms with Gasteiger partial charge in [-0.1, -0.05) is 18.5 Å². The van der Waals surface area contributed by atoms with Crippen LogP contribution in [0.25, 0.3) is 11.3 Å². The predicted octanol–water partition coefficient (Wildman–Crippen LogP) is 3.61. The number of rotatable bonds is 5. The first-order chi connectivity index (χ1) is 16.7. The highest BCUT2D eigenvalue weighted by Gasteiger charge is 2.46. The topological polar surface area (TPSA) is 104 Å². The smallest absolute Gasteiger partial charge is 0.420 e. The Balaban J connectivity index is 1.47. The standard InChI is InChI=1S/C22H21ClF3N5O4/c1-11-4-15-17(19-14(11)9-31(30-19)8-13-10-33-2-3-34-13)18(22(24,25)26)20(35-15)21(32)29-6-12-5-28-16(23)7-27-12/h5,7,9,11,13H,2-4,6,8,10H2,1H3,(H,29,32)/t11-,13-/m0/s1. The molecule has 0 spiro atoms.